The van der Waals surface area contributed by atoms with Gasteiger partial charge in [-0.3, -0.25) is 9.59 Å². The molecule has 0 aliphatic carbocycles. The summed E-state index contributed by atoms with van der Waals surface area (Å²) in [5.41, 5.74) is 2.50. The van der Waals surface area contributed by atoms with Gasteiger partial charge in [0.2, 0.25) is 0 Å². The molecule has 0 aliphatic heterocycles. The number of rotatable bonds is 2. The highest BCUT2D eigenvalue weighted by Crippen LogP contribution is 2.10. The topological polar surface area (TPSA) is 34.1 Å². The van der Waals surface area contributed by atoms with E-state index >= 15 is 0 Å². The Hall–Kier alpha value is -2.66. The first-order chi connectivity index (χ1) is 9.20. The van der Waals surface area contributed by atoms with E-state index in [1.807, 2.05) is 30.3 Å². The number of carbonyl (C=O) groups excluding carboxylic acids is 2. The second-order valence-corrected chi connectivity index (χ2v) is 4.09. The Bertz CT molecular complexity index is 673. The largest absolute Gasteiger partial charge is 0.298 e. The predicted molar refractivity (Wildman–Crippen MR) is 74.3 cm³/mol. The first kappa shape index (κ1) is 12.8. The summed E-state index contributed by atoms with van der Waals surface area (Å²) in [5, 5.41) is 0. The van der Waals surface area contributed by atoms with Crippen molar-refractivity contribution in [2.24, 2.45) is 0 Å². The maximum absolute atomic E-state index is 11.3. The highest BCUT2D eigenvalue weighted by atomic mass is 16.1. The molecule has 0 saturated carbocycles. The van der Waals surface area contributed by atoms with Crippen LogP contribution in [-0.4, -0.2) is 12.1 Å². The van der Waals surface area contributed by atoms with Crippen LogP contribution in [0.2, 0.25) is 0 Å². The molecule has 0 fully saturated rings. The van der Waals surface area contributed by atoms with E-state index in [2.05, 4.69) is 11.8 Å². The van der Waals surface area contributed by atoms with Gasteiger partial charge in [0.25, 0.3) is 0 Å². The third kappa shape index (κ3) is 3.17. The Morgan fingerprint density at radius 3 is 2.42 bits per heavy atom. The van der Waals surface area contributed by atoms with Gasteiger partial charge in [-0.1, -0.05) is 36.1 Å². The molecule has 19 heavy (non-hydrogen) atoms. The van der Waals surface area contributed by atoms with Crippen molar-refractivity contribution in [3.63, 3.8) is 0 Å². The van der Waals surface area contributed by atoms with Crippen LogP contribution in [0.4, 0.5) is 0 Å². The van der Waals surface area contributed by atoms with Crippen molar-refractivity contribution in [2.45, 2.75) is 6.92 Å². The van der Waals surface area contributed by atoms with Crippen LogP contribution in [0, 0.1) is 11.8 Å². The van der Waals surface area contributed by atoms with Crippen LogP contribution in [-0.2, 0) is 0 Å². The maximum Gasteiger partial charge on any atom is 0.159 e. The average Bonchev–Trinajstić information content (AvgIpc) is 2.45. The summed E-state index contributed by atoms with van der Waals surface area (Å²) in [6, 6.07) is 14.4. The lowest BCUT2D eigenvalue weighted by Crippen LogP contribution is -1.96. The lowest BCUT2D eigenvalue weighted by molar-refractivity contribution is 0.101. The zero-order valence-corrected chi connectivity index (χ0v) is 10.5. The average molecular weight is 248 g/mol. The van der Waals surface area contributed by atoms with Gasteiger partial charge < -0.3 is 0 Å². The quantitative estimate of drug-likeness (QED) is 0.465. The van der Waals surface area contributed by atoms with Crippen molar-refractivity contribution in [1.82, 2.24) is 0 Å². The van der Waals surface area contributed by atoms with Gasteiger partial charge in [-0.25, -0.2) is 0 Å². The molecule has 0 saturated heterocycles. The molecule has 2 rings (SSSR count). The van der Waals surface area contributed by atoms with Gasteiger partial charge in [0, 0.05) is 22.3 Å². The molecule has 0 atom stereocenters. The number of ketones is 1. The number of hydrogen-bond donors (Lipinski definition) is 0. The number of benzene rings is 2. The number of aldehydes is 1. The number of hydrogen-bond acceptors (Lipinski definition) is 2. The highest BCUT2D eigenvalue weighted by molar-refractivity contribution is 5.95. The lowest BCUT2D eigenvalue weighted by Gasteiger charge is -2.00. The van der Waals surface area contributed by atoms with E-state index in [9.17, 15) is 9.59 Å². The third-order valence-corrected chi connectivity index (χ3v) is 2.70. The van der Waals surface area contributed by atoms with Crippen LogP contribution in [0.25, 0.3) is 0 Å². The summed E-state index contributed by atoms with van der Waals surface area (Å²) < 4.78 is 0. The van der Waals surface area contributed by atoms with Crippen LogP contribution in [0.1, 0.15) is 38.8 Å². The molecule has 0 amide bonds. The molecule has 2 aromatic carbocycles. The summed E-state index contributed by atoms with van der Waals surface area (Å²) >= 11 is 0. The van der Waals surface area contributed by atoms with Crippen LogP contribution in [0.15, 0.2) is 48.5 Å². The standard InChI is InChI=1S/C17H12O2/c1-13(19)15-9-10-17(12-18)16(11-15)8-7-14-5-3-2-4-6-14/h2-6,9-12H,1H3. The molecule has 92 valence electrons. The monoisotopic (exact) mass is 248 g/mol. The normalized spacial score (nSPS) is 9.32. The summed E-state index contributed by atoms with van der Waals surface area (Å²) in [4.78, 5) is 22.3. The van der Waals surface area contributed by atoms with Crippen molar-refractivity contribution in [1.29, 1.82) is 0 Å². The van der Waals surface area contributed by atoms with E-state index in [-0.39, 0.29) is 5.78 Å². The minimum atomic E-state index is -0.0415. The summed E-state index contributed by atoms with van der Waals surface area (Å²) in [6.45, 7) is 1.49. The second kappa shape index (κ2) is 5.79. The zero-order valence-electron chi connectivity index (χ0n) is 10.5. The van der Waals surface area contributed by atoms with E-state index in [4.69, 9.17) is 0 Å². The lowest BCUT2D eigenvalue weighted by atomic mass is 10.0. The van der Waals surface area contributed by atoms with Gasteiger partial charge in [-0.05, 0) is 31.2 Å². The molecular formula is C17H12O2. The van der Waals surface area contributed by atoms with Gasteiger partial charge in [0.1, 0.15) is 0 Å². The van der Waals surface area contributed by atoms with Crippen molar-refractivity contribution >= 4 is 12.1 Å². The molecule has 2 heteroatoms. The van der Waals surface area contributed by atoms with Crippen LogP contribution < -0.4 is 0 Å². The van der Waals surface area contributed by atoms with E-state index in [0.29, 0.717) is 16.7 Å². The van der Waals surface area contributed by atoms with Crippen molar-refractivity contribution in [3.05, 3.63) is 70.8 Å². The number of carbonyl (C=O) groups is 2. The van der Waals surface area contributed by atoms with Gasteiger partial charge in [0.05, 0.1) is 0 Å². The molecule has 2 nitrogen and oxygen atoms in total. The minimum absolute atomic E-state index is 0.0415. The summed E-state index contributed by atoms with van der Waals surface area (Å²) in [7, 11) is 0. The van der Waals surface area contributed by atoms with E-state index < -0.39 is 0 Å². The summed E-state index contributed by atoms with van der Waals surface area (Å²) in [6.07, 6.45) is 0.749. The van der Waals surface area contributed by atoms with Crippen molar-refractivity contribution < 1.29 is 9.59 Å². The van der Waals surface area contributed by atoms with Gasteiger partial charge in [-0.2, -0.15) is 0 Å². The van der Waals surface area contributed by atoms with E-state index in [0.717, 1.165) is 11.8 Å². The molecule has 0 heterocycles. The third-order valence-electron chi connectivity index (χ3n) is 2.70. The van der Waals surface area contributed by atoms with Crippen LogP contribution in [0.5, 0.6) is 0 Å². The SMILES string of the molecule is CC(=O)c1ccc(C=O)c(C#Cc2ccccc2)c1. The second-order valence-electron chi connectivity index (χ2n) is 4.09. The molecule has 0 N–H and O–H groups in total. The van der Waals surface area contributed by atoms with E-state index in [1.54, 1.807) is 18.2 Å². The van der Waals surface area contributed by atoms with Crippen LogP contribution >= 0.6 is 0 Å². The Morgan fingerprint density at radius 2 is 1.79 bits per heavy atom. The first-order valence-corrected chi connectivity index (χ1v) is 5.88. The zero-order chi connectivity index (χ0) is 13.7. The highest BCUT2D eigenvalue weighted by Gasteiger charge is 2.04. The van der Waals surface area contributed by atoms with Crippen molar-refractivity contribution in [2.75, 3.05) is 0 Å². The molecule has 0 aliphatic rings. The fourth-order valence-corrected chi connectivity index (χ4v) is 1.65. The van der Waals surface area contributed by atoms with E-state index in [1.165, 1.54) is 6.92 Å². The molecule has 0 spiro atoms. The smallest absolute Gasteiger partial charge is 0.159 e. The fraction of sp³-hybridized carbons (Fsp3) is 0.0588. The minimum Gasteiger partial charge on any atom is -0.298 e. The Kier molecular flexibility index (Phi) is 3.90. The van der Waals surface area contributed by atoms with Gasteiger partial charge >= 0.3 is 0 Å². The molecule has 0 radical (unpaired) electrons. The molecule has 0 bridgehead atoms. The molecule has 0 aromatic heterocycles. The Labute approximate surface area is 112 Å². The predicted octanol–water partition coefficient (Wildman–Crippen LogP) is 3.10. The van der Waals surface area contributed by atoms with Gasteiger partial charge in [0.15, 0.2) is 12.1 Å². The first-order valence-electron chi connectivity index (χ1n) is 5.88. The maximum atomic E-state index is 11.3. The van der Waals surface area contributed by atoms with Gasteiger partial charge in [-0.15, -0.1) is 0 Å². The molecule has 0 unspecified atom stereocenters. The Balaban J connectivity index is 2.44. The molecular weight excluding hydrogens is 236 g/mol. The fourth-order valence-electron chi connectivity index (χ4n) is 1.65. The molecule has 2 aromatic rings. The van der Waals surface area contributed by atoms with Crippen LogP contribution in [0.3, 0.4) is 0 Å². The van der Waals surface area contributed by atoms with Crippen molar-refractivity contribution in [3.8, 4) is 11.8 Å². The summed E-state index contributed by atoms with van der Waals surface area (Å²) in [5.74, 6) is 5.88. The number of Topliss-reactive ketones (excluding diaryl/α,β-unsaturated/α-hetero) is 1. The Morgan fingerprint density at radius 1 is 1.05 bits per heavy atom.